The summed E-state index contributed by atoms with van der Waals surface area (Å²) < 4.78 is 0. The van der Waals surface area contributed by atoms with Crippen molar-refractivity contribution >= 4 is 40.6 Å². The maximum absolute atomic E-state index is 12.3. The first kappa shape index (κ1) is 20.7. The van der Waals surface area contributed by atoms with Crippen LogP contribution in [-0.4, -0.2) is 42.1 Å². The zero-order valence-electron chi connectivity index (χ0n) is 16.3. The second-order valence-corrected chi connectivity index (χ2v) is 7.94. The zero-order chi connectivity index (χ0) is 20.8. The highest BCUT2D eigenvalue weighted by molar-refractivity contribution is 8.13. The van der Waals surface area contributed by atoms with E-state index in [-0.39, 0.29) is 17.1 Å². The van der Waals surface area contributed by atoms with Crippen molar-refractivity contribution in [3.63, 3.8) is 0 Å². The van der Waals surface area contributed by atoms with Gasteiger partial charge in [-0.05, 0) is 60.5 Å². The quantitative estimate of drug-likeness (QED) is 0.558. The van der Waals surface area contributed by atoms with Gasteiger partial charge in [0.05, 0.1) is 5.69 Å². The summed E-state index contributed by atoms with van der Waals surface area (Å²) in [5.41, 5.74) is 2.00. The van der Waals surface area contributed by atoms with Crippen LogP contribution in [-0.2, 0) is 4.79 Å². The Morgan fingerprint density at radius 3 is 2.38 bits per heavy atom. The Balaban J connectivity index is 1.60. The van der Waals surface area contributed by atoms with Gasteiger partial charge in [0.15, 0.2) is 0 Å². The summed E-state index contributed by atoms with van der Waals surface area (Å²) in [7, 11) is 3.36. The van der Waals surface area contributed by atoms with E-state index < -0.39 is 0 Å². The summed E-state index contributed by atoms with van der Waals surface area (Å²) in [6.07, 6.45) is 5.20. The standard InChI is InChI=1S/C22H23N3O3S/c1-25(2)22(28)29-19-6-4-3-5-18(19)24-20(26)14-9-15-7-10-16(11-8-15)21(27)23-17-12-13-17/h3-11,14,17H,12-13H2,1-2H3,(H,23,27)(H,24,26)/b14-9+. The molecule has 0 bridgehead atoms. The first-order valence-electron chi connectivity index (χ1n) is 9.30. The molecule has 0 atom stereocenters. The van der Waals surface area contributed by atoms with Crippen LogP contribution >= 0.6 is 11.8 Å². The van der Waals surface area contributed by atoms with E-state index in [9.17, 15) is 14.4 Å². The minimum Gasteiger partial charge on any atom is -0.349 e. The number of nitrogens with one attached hydrogen (secondary N) is 2. The Morgan fingerprint density at radius 1 is 1.03 bits per heavy atom. The van der Waals surface area contributed by atoms with Crippen molar-refractivity contribution in [3.8, 4) is 0 Å². The number of benzene rings is 2. The van der Waals surface area contributed by atoms with E-state index in [2.05, 4.69) is 10.6 Å². The van der Waals surface area contributed by atoms with Crippen molar-refractivity contribution in [1.29, 1.82) is 0 Å². The lowest BCUT2D eigenvalue weighted by Crippen LogP contribution is -2.25. The number of thioether (sulfide) groups is 1. The highest BCUT2D eigenvalue weighted by Crippen LogP contribution is 2.28. The van der Waals surface area contributed by atoms with Gasteiger partial charge in [-0.15, -0.1) is 0 Å². The Bertz CT molecular complexity index is 935. The molecule has 1 aliphatic carbocycles. The van der Waals surface area contributed by atoms with Crippen molar-refractivity contribution in [2.24, 2.45) is 0 Å². The molecular weight excluding hydrogens is 386 g/mol. The number of carbonyl (C=O) groups excluding carboxylic acids is 3. The molecule has 29 heavy (non-hydrogen) atoms. The second-order valence-electron chi connectivity index (χ2n) is 6.95. The number of rotatable bonds is 6. The van der Waals surface area contributed by atoms with Gasteiger partial charge in [-0.25, -0.2) is 0 Å². The molecule has 0 heterocycles. The molecule has 3 amide bonds. The van der Waals surface area contributed by atoms with Gasteiger partial charge in [-0.1, -0.05) is 24.3 Å². The molecule has 2 aromatic rings. The lowest BCUT2D eigenvalue weighted by atomic mass is 10.1. The fraction of sp³-hybridized carbons (Fsp3) is 0.227. The molecule has 0 spiro atoms. The van der Waals surface area contributed by atoms with Crippen LogP contribution in [0.1, 0.15) is 28.8 Å². The number of para-hydroxylation sites is 1. The highest BCUT2D eigenvalue weighted by Gasteiger charge is 2.23. The van der Waals surface area contributed by atoms with Crippen LogP contribution in [0.4, 0.5) is 10.5 Å². The number of hydrogen-bond acceptors (Lipinski definition) is 4. The van der Waals surface area contributed by atoms with Crippen LogP contribution in [0.15, 0.2) is 59.5 Å². The van der Waals surface area contributed by atoms with Gasteiger partial charge in [-0.2, -0.15) is 0 Å². The van der Waals surface area contributed by atoms with Crippen LogP contribution in [0.5, 0.6) is 0 Å². The number of nitrogens with zero attached hydrogens (tertiary/aromatic N) is 1. The van der Waals surface area contributed by atoms with Gasteiger partial charge in [-0.3, -0.25) is 14.4 Å². The monoisotopic (exact) mass is 409 g/mol. The Labute approximate surface area is 174 Å². The molecule has 0 aliphatic heterocycles. The third-order valence-corrected chi connectivity index (χ3v) is 5.34. The number of carbonyl (C=O) groups is 3. The molecule has 0 aromatic heterocycles. The van der Waals surface area contributed by atoms with Gasteiger partial charge in [0.2, 0.25) is 5.91 Å². The van der Waals surface area contributed by atoms with E-state index in [1.807, 2.05) is 6.07 Å². The Kier molecular flexibility index (Phi) is 6.72. The largest absolute Gasteiger partial charge is 0.349 e. The number of hydrogen-bond donors (Lipinski definition) is 2. The molecule has 1 aliphatic rings. The summed E-state index contributed by atoms with van der Waals surface area (Å²) >= 11 is 1.06. The van der Waals surface area contributed by atoms with Crippen molar-refractivity contribution in [3.05, 3.63) is 65.7 Å². The predicted molar refractivity (Wildman–Crippen MR) is 116 cm³/mol. The molecule has 0 radical (unpaired) electrons. The van der Waals surface area contributed by atoms with Crippen LogP contribution in [0.3, 0.4) is 0 Å². The van der Waals surface area contributed by atoms with E-state index in [4.69, 9.17) is 0 Å². The van der Waals surface area contributed by atoms with Crippen molar-refractivity contribution in [1.82, 2.24) is 10.2 Å². The van der Waals surface area contributed by atoms with Gasteiger partial charge in [0.25, 0.3) is 11.1 Å². The van der Waals surface area contributed by atoms with Crippen LogP contribution in [0, 0.1) is 0 Å². The lowest BCUT2D eigenvalue weighted by molar-refractivity contribution is -0.111. The summed E-state index contributed by atoms with van der Waals surface area (Å²) in [6, 6.07) is 14.6. The first-order chi connectivity index (χ1) is 13.9. The molecule has 2 aromatic carbocycles. The zero-order valence-corrected chi connectivity index (χ0v) is 17.2. The molecule has 1 saturated carbocycles. The molecule has 0 saturated heterocycles. The van der Waals surface area contributed by atoms with Gasteiger partial charge in [0.1, 0.15) is 0 Å². The third kappa shape index (κ3) is 6.22. The minimum atomic E-state index is -0.300. The van der Waals surface area contributed by atoms with E-state index in [0.29, 0.717) is 22.2 Å². The maximum atomic E-state index is 12.3. The molecule has 3 rings (SSSR count). The summed E-state index contributed by atoms with van der Waals surface area (Å²) in [5, 5.41) is 5.63. The van der Waals surface area contributed by atoms with Gasteiger partial charge >= 0.3 is 0 Å². The number of amides is 3. The van der Waals surface area contributed by atoms with E-state index in [0.717, 1.165) is 30.2 Å². The lowest BCUT2D eigenvalue weighted by Gasteiger charge is -2.12. The smallest absolute Gasteiger partial charge is 0.286 e. The van der Waals surface area contributed by atoms with Gasteiger partial charge in [0, 0.05) is 36.7 Å². The molecule has 2 N–H and O–H groups in total. The maximum Gasteiger partial charge on any atom is 0.286 e. The SMILES string of the molecule is CN(C)C(=O)Sc1ccccc1NC(=O)/C=C/c1ccc(C(=O)NC2CC2)cc1. The Hall–Kier alpha value is -3.06. The molecule has 7 heteroatoms. The molecule has 6 nitrogen and oxygen atoms in total. The topological polar surface area (TPSA) is 78.5 Å². The summed E-state index contributed by atoms with van der Waals surface area (Å²) in [6.45, 7) is 0. The normalized spacial score (nSPS) is 13.2. The van der Waals surface area contributed by atoms with Crippen molar-refractivity contribution in [2.75, 3.05) is 19.4 Å². The van der Waals surface area contributed by atoms with Crippen LogP contribution in [0.25, 0.3) is 6.08 Å². The van der Waals surface area contributed by atoms with Crippen LogP contribution in [0.2, 0.25) is 0 Å². The second kappa shape index (κ2) is 9.43. The van der Waals surface area contributed by atoms with E-state index >= 15 is 0 Å². The van der Waals surface area contributed by atoms with Gasteiger partial charge < -0.3 is 15.5 Å². The van der Waals surface area contributed by atoms with E-state index in [1.54, 1.807) is 62.6 Å². The Morgan fingerprint density at radius 2 is 1.72 bits per heavy atom. The molecule has 0 unspecified atom stereocenters. The third-order valence-electron chi connectivity index (χ3n) is 4.22. The van der Waals surface area contributed by atoms with Crippen molar-refractivity contribution < 1.29 is 14.4 Å². The first-order valence-corrected chi connectivity index (χ1v) is 10.1. The fourth-order valence-corrected chi connectivity index (χ4v) is 3.18. The molecule has 1 fully saturated rings. The fourth-order valence-electron chi connectivity index (χ4n) is 2.43. The molecular formula is C22H23N3O3S. The average Bonchev–Trinajstić information content (AvgIpc) is 3.52. The summed E-state index contributed by atoms with van der Waals surface area (Å²) in [5.74, 6) is -0.368. The predicted octanol–water partition coefficient (Wildman–Crippen LogP) is 4.00. The number of anilines is 1. The van der Waals surface area contributed by atoms with E-state index in [1.165, 1.54) is 11.0 Å². The molecule has 150 valence electrons. The van der Waals surface area contributed by atoms with Crippen LogP contribution < -0.4 is 10.6 Å². The average molecular weight is 410 g/mol. The highest BCUT2D eigenvalue weighted by atomic mass is 32.2. The minimum absolute atomic E-state index is 0.0675. The van der Waals surface area contributed by atoms with Crippen molar-refractivity contribution in [2.45, 2.75) is 23.8 Å². The summed E-state index contributed by atoms with van der Waals surface area (Å²) in [4.78, 5) is 38.4.